The smallest absolute Gasteiger partial charge is 0.411 e. The molecule has 0 unspecified atom stereocenters. The highest BCUT2D eigenvalue weighted by molar-refractivity contribution is 6.03. The van der Waals surface area contributed by atoms with Crippen LogP contribution in [0.15, 0.2) is 42.5 Å². The number of ether oxygens (including phenoxy) is 2. The van der Waals surface area contributed by atoms with Crippen molar-refractivity contribution in [2.45, 2.75) is 64.6 Å². The molecule has 2 aliphatic rings. The molecule has 2 aromatic rings. The second-order valence-electron chi connectivity index (χ2n) is 9.19. The van der Waals surface area contributed by atoms with Crippen molar-refractivity contribution in [2.75, 3.05) is 16.8 Å². The topological polar surface area (TPSA) is 67.9 Å². The van der Waals surface area contributed by atoms with E-state index >= 15 is 0 Å². The normalized spacial score (nSPS) is 15.9. The Morgan fingerprint density at radius 2 is 1.74 bits per heavy atom. The van der Waals surface area contributed by atoms with Crippen molar-refractivity contribution in [1.82, 2.24) is 0 Å². The lowest BCUT2D eigenvalue weighted by Crippen LogP contribution is -2.34. The first-order chi connectivity index (χ1) is 14.8. The van der Waals surface area contributed by atoms with Gasteiger partial charge in [-0.2, -0.15) is 0 Å². The molecule has 6 nitrogen and oxygen atoms in total. The van der Waals surface area contributed by atoms with Crippen molar-refractivity contribution < 1.29 is 19.1 Å². The number of aryl methyl sites for hydroxylation is 2. The number of hydrogen-bond donors (Lipinski definition) is 1. The summed E-state index contributed by atoms with van der Waals surface area (Å²) in [5.41, 5.74) is 3.99. The number of nitrogens with zero attached hydrogens (tertiary/aromatic N) is 1. The standard InChI is InChI=1S/C25H30N2O4/c1-25(2,3)30-16-23(28)27-21-10-5-4-7-17(21)11-12-18-13-14-19(15-22(18)27)26-24(29)31-20-8-6-9-20/h4-5,7,10,13-15,20H,6,8-9,11-12,16H2,1-3H3,(H,26,29). The number of hydrogen-bond acceptors (Lipinski definition) is 4. The van der Waals surface area contributed by atoms with E-state index in [0.717, 1.165) is 54.6 Å². The summed E-state index contributed by atoms with van der Waals surface area (Å²) in [5, 5.41) is 2.82. The van der Waals surface area contributed by atoms with E-state index in [-0.39, 0.29) is 18.6 Å². The fourth-order valence-electron chi connectivity index (χ4n) is 3.80. The van der Waals surface area contributed by atoms with Crippen molar-refractivity contribution in [3.8, 4) is 0 Å². The van der Waals surface area contributed by atoms with E-state index in [1.54, 1.807) is 4.90 Å². The van der Waals surface area contributed by atoms with Gasteiger partial charge in [-0.25, -0.2) is 4.79 Å². The third-order valence-corrected chi connectivity index (χ3v) is 5.67. The average molecular weight is 423 g/mol. The summed E-state index contributed by atoms with van der Waals surface area (Å²) >= 11 is 0. The highest BCUT2D eigenvalue weighted by Gasteiger charge is 2.28. The first kappa shape index (κ1) is 21.4. The number of para-hydroxylation sites is 1. The Kier molecular flexibility index (Phi) is 6.01. The summed E-state index contributed by atoms with van der Waals surface area (Å²) in [6.45, 7) is 5.76. The van der Waals surface area contributed by atoms with Crippen LogP contribution in [-0.2, 0) is 27.1 Å². The van der Waals surface area contributed by atoms with Crippen LogP contribution < -0.4 is 10.2 Å². The van der Waals surface area contributed by atoms with Gasteiger partial charge in [0.1, 0.15) is 12.7 Å². The Morgan fingerprint density at radius 1 is 1.03 bits per heavy atom. The molecule has 1 aliphatic heterocycles. The van der Waals surface area contributed by atoms with Crippen molar-refractivity contribution in [1.29, 1.82) is 0 Å². The molecule has 31 heavy (non-hydrogen) atoms. The molecule has 1 fully saturated rings. The lowest BCUT2D eigenvalue weighted by atomic mass is 9.96. The Labute approximate surface area is 183 Å². The van der Waals surface area contributed by atoms with Crippen LogP contribution in [0.2, 0.25) is 0 Å². The monoisotopic (exact) mass is 422 g/mol. The molecular formula is C25H30N2O4. The van der Waals surface area contributed by atoms with Crippen LogP contribution in [0, 0.1) is 0 Å². The SMILES string of the molecule is CC(C)(C)OCC(=O)N1c2ccccc2CCc2ccc(NC(=O)OC3CCC3)cc21. The minimum Gasteiger partial charge on any atom is -0.446 e. The minimum atomic E-state index is -0.451. The zero-order valence-electron chi connectivity index (χ0n) is 18.4. The summed E-state index contributed by atoms with van der Waals surface area (Å²) in [4.78, 5) is 27.3. The van der Waals surface area contributed by atoms with Gasteiger partial charge in [0, 0.05) is 5.69 Å². The Balaban J connectivity index is 1.64. The van der Waals surface area contributed by atoms with Gasteiger partial charge in [-0.1, -0.05) is 24.3 Å². The highest BCUT2D eigenvalue weighted by atomic mass is 16.6. The molecule has 2 aromatic carbocycles. The maximum absolute atomic E-state index is 13.3. The van der Waals surface area contributed by atoms with Crippen LogP contribution >= 0.6 is 0 Å². The van der Waals surface area contributed by atoms with Gasteiger partial charge in [0.15, 0.2) is 0 Å². The highest BCUT2D eigenvalue weighted by Crippen LogP contribution is 2.38. The molecule has 0 radical (unpaired) electrons. The summed E-state index contributed by atoms with van der Waals surface area (Å²) in [5.74, 6) is -0.139. The van der Waals surface area contributed by atoms with Gasteiger partial charge in [-0.3, -0.25) is 15.0 Å². The molecule has 0 atom stereocenters. The minimum absolute atomic E-state index is 0.0142. The molecule has 2 amide bonds. The van der Waals surface area contributed by atoms with Gasteiger partial charge < -0.3 is 9.47 Å². The Bertz CT molecular complexity index is 976. The molecule has 0 saturated heterocycles. The molecule has 0 aromatic heterocycles. The first-order valence-corrected chi connectivity index (χ1v) is 11.0. The Hall–Kier alpha value is -2.86. The third kappa shape index (κ3) is 5.07. The van der Waals surface area contributed by atoms with Crippen molar-refractivity contribution >= 4 is 29.1 Å². The third-order valence-electron chi connectivity index (χ3n) is 5.67. The maximum atomic E-state index is 13.3. The van der Waals surface area contributed by atoms with E-state index in [1.807, 2.05) is 57.2 Å². The second kappa shape index (κ2) is 8.71. The number of fused-ring (bicyclic) bond motifs is 2. The number of carbonyl (C=O) groups excluding carboxylic acids is 2. The zero-order valence-corrected chi connectivity index (χ0v) is 18.4. The van der Waals surface area contributed by atoms with Gasteiger partial charge in [0.2, 0.25) is 0 Å². The molecule has 1 aliphatic carbocycles. The number of anilines is 3. The van der Waals surface area contributed by atoms with Crippen molar-refractivity contribution in [3.05, 3.63) is 53.6 Å². The van der Waals surface area contributed by atoms with Crippen molar-refractivity contribution in [2.24, 2.45) is 0 Å². The fourth-order valence-corrected chi connectivity index (χ4v) is 3.80. The molecule has 6 heteroatoms. The Morgan fingerprint density at radius 3 is 2.42 bits per heavy atom. The molecule has 1 saturated carbocycles. The number of amides is 2. The van der Waals surface area contributed by atoms with Gasteiger partial charge in [-0.05, 0) is 82.2 Å². The van der Waals surface area contributed by atoms with Gasteiger partial charge in [0.05, 0.1) is 17.0 Å². The zero-order chi connectivity index (χ0) is 22.0. The van der Waals surface area contributed by atoms with Crippen molar-refractivity contribution in [3.63, 3.8) is 0 Å². The van der Waals surface area contributed by atoms with Crippen LogP contribution in [0.25, 0.3) is 0 Å². The molecule has 4 rings (SSSR count). The predicted molar refractivity (Wildman–Crippen MR) is 121 cm³/mol. The maximum Gasteiger partial charge on any atom is 0.411 e. The van der Waals surface area contributed by atoms with Gasteiger partial charge in [-0.15, -0.1) is 0 Å². The van der Waals surface area contributed by atoms with Gasteiger partial charge in [0.25, 0.3) is 5.91 Å². The molecule has 0 bridgehead atoms. The lowest BCUT2D eigenvalue weighted by Gasteiger charge is -2.28. The van der Waals surface area contributed by atoms with E-state index in [1.165, 1.54) is 0 Å². The molecule has 1 N–H and O–H groups in total. The summed E-state index contributed by atoms with van der Waals surface area (Å²) in [6.07, 6.45) is 4.15. The quantitative estimate of drug-likeness (QED) is 0.720. The van der Waals surface area contributed by atoms with Crippen LogP contribution in [0.5, 0.6) is 0 Å². The first-order valence-electron chi connectivity index (χ1n) is 11.0. The summed E-state index contributed by atoms with van der Waals surface area (Å²) in [6, 6.07) is 13.6. The molecule has 1 heterocycles. The van der Waals surface area contributed by atoms with Crippen LogP contribution in [0.1, 0.15) is 51.2 Å². The second-order valence-corrected chi connectivity index (χ2v) is 9.19. The average Bonchev–Trinajstić information content (AvgIpc) is 2.85. The number of carbonyl (C=O) groups is 2. The van der Waals surface area contributed by atoms with E-state index in [9.17, 15) is 9.59 Å². The predicted octanol–water partition coefficient (Wildman–Crippen LogP) is 5.37. The number of rotatable bonds is 4. The number of benzene rings is 2. The summed E-state index contributed by atoms with van der Waals surface area (Å²) < 4.78 is 11.2. The molecule has 0 spiro atoms. The van der Waals surface area contributed by atoms with Crippen LogP contribution in [0.4, 0.5) is 21.9 Å². The lowest BCUT2D eigenvalue weighted by molar-refractivity contribution is -0.127. The van der Waals surface area contributed by atoms with E-state index in [4.69, 9.17) is 9.47 Å². The molecular weight excluding hydrogens is 392 g/mol. The van der Waals surface area contributed by atoms with Crippen LogP contribution in [0.3, 0.4) is 0 Å². The summed E-state index contributed by atoms with van der Waals surface area (Å²) in [7, 11) is 0. The largest absolute Gasteiger partial charge is 0.446 e. The van der Waals surface area contributed by atoms with E-state index in [0.29, 0.717) is 5.69 Å². The molecule has 164 valence electrons. The van der Waals surface area contributed by atoms with Crippen LogP contribution in [-0.4, -0.2) is 30.3 Å². The van der Waals surface area contributed by atoms with Gasteiger partial charge >= 0.3 is 6.09 Å². The number of nitrogens with one attached hydrogen (secondary N) is 1. The fraction of sp³-hybridized carbons (Fsp3) is 0.440. The van der Waals surface area contributed by atoms with E-state index in [2.05, 4.69) is 11.4 Å². The van der Waals surface area contributed by atoms with E-state index < -0.39 is 11.7 Å².